The molecule has 0 radical (unpaired) electrons. The Bertz CT molecular complexity index is 420. The third-order valence-electron chi connectivity index (χ3n) is 4.65. The maximum atomic E-state index is 11.8. The third kappa shape index (κ3) is 22.1. The second-order valence-corrected chi connectivity index (χ2v) is 9.78. The number of aliphatic hydroxyl groups is 1. The number of unbranched alkanes of at least 4 members (excludes halogenated alkanes) is 12. The van der Waals surface area contributed by atoms with Gasteiger partial charge in [0, 0.05) is 13.2 Å². The summed E-state index contributed by atoms with van der Waals surface area (Å²) in [5.41, 5.74) is 5.29. The summed E-state index contributed by atoms with van der Waals surface area (Å²) in [6, 6.07) is 0. The predicted molar refractivity (Wildman–Crippen MR) is 121 cm³/mol. The molecule has 0 amide bonds. The van der Waals surface area contributed by atoms with E-state index in [0.29, 0.717) is 0 Å². The number of aliphatic hydroxyl groups excluding tert-OH is 1. The van der Waals surface area contributed by atoms with Crippen LogP contribution in [-0.4, -0.2) is 44.2 Å². The van der Waals surface area contributed by atoms with Crippen LogP contribution < -0.4 is 5.73 Å². The van der Waals surface area contributed by atoms with Gasteiger partial charge in [-0.15, -0.1) is 0 Å². The van der Waals surface area contributed by atoms with Crippen molar-refractivity contribution in [1.29, 1.82) is 0 Å². The predicted octanol–water partition coefficient (Wildman–Crippen LogP) is 5.78. The molecule has 0 rings (SSSR count). The van der Waals surface area contributed by atoms with Crippen molar-refractivity contribution in [2.24, 2.45) is 5.73 Å². The van der Waals surface area contributed by atoms with Crippen molar-refractivity contribution in [3.63, 3.8) is 0 Å². The lowest BCUT2D eigenvalue weighted by Gasteiger charge is -2.16. The SMILES string of the molecule is CCCCCCCCCCCCCC/C=C/OCC(O)COP(C)(=O)OCCN. The lowest BCUT2D eigenvalue weighted by atomic mass is 10.0. The Morgan fingerprint density at radius 3 is 2.00 bits per heavy atom. The molecule has 0 aromatic heterocycles. The second kappa shape index (κ2) is 20.9. The van der Waals surface area contributed by atoms with Gasteiger partial charge in [0.25, 0.3) is 0 Å². The Labute approximate surface area is 179 Å². The quantitative estimate of drug-likeness (QED) is 0.127. The van der Waals surface area contributed by atoms with Gasteiger partial charge in [-0.2, -0.15) is 0 Å². The fraction of sp³-hybridized carbons (Fsp3) is 0.909. The molecule has 2 unspecified atom stereocenters. The van der Waals surface area contributed by atoms with Crippen LogP contribution in [0.4, 0.5) is 0 Å². The van der Waals surface area contributed by atoms with Gasteiger partial charge in [-0.05, 0) is 18.9 Å². The highest BCUT2D eigenvalue weighted by atomic mass is 31.2. The highest BCUT2D eigenvalue weighted by Crippen LogP contribution is 2.43. The van der Waals surface area contributed by atoms with Crippen LogP contribution in [0.3, 0.4) is 0 Å². The molecule has 0 spiro atoms. The molecule has 0 aliphatic heterocycles. The molecular weight excluding hydrogens is 389 g/mol. The van der Waals surface area contributed by atoms with Crippen molar-refractivity contribution in [3.8, 4) is 0 Å². The maximum Gasteiger partial charge on any atom is 0.327 e. The fourth-order valence-corrected chi connectivity index (χ4v) is 3.89. The van der Waals surface area contributed by atoms with Crippen molar-refractivity contribution in [1.82, 2.24) is 0 Å². The van der Waals surface area contributed by atoms with Gasteiger partial charge >= 0.3 is 7.60 Å². The zero-order valence-electron chi connectivity index (χ0n) is 18.9. The molecule has 0 aromatic carbocycles. The van der Waals surface area contributed by atoms with Crippen molar-refractivity contribution < 1.29 is 23.5 Å². The summed E-state index contributed by atoms with van der Waals surface area (Å²) in [5.74, 6) is 0. The van der Waals surface area contributed by atoms with E-state index in [1.54, 1.807) is 6.26 Å². The topological polar surface area (TPSA) is 91.0 Å². The van der Waals surface area contributed by atoms with Gasteiger partial charge < -0.3 is 24.6 Å². The van der Waals surface area contributed by atoms with Crippen LogP contribution in [-0.2, 0) is 18.3 Å². The molecule has 0 saturated carbocycles. The minimum absolute atomic E-state index is 0.0923. The van der Waals surface area contributed by atoms with Crippen molar-refractivity contribution in [3.05, 3.63) is 12.3 Å². The van der Waals surface area contributed by atoms with E-state index < -0.39 is 13.7 Å². The number of rotatable bonds is 22. The van der Waals surface area contributed by atoms with Crippen LogP contribution in [0.2, 0.25) is 0 Å². The lowest BCUT2D eigenvalue weighted by molar-refractivity contribution is 0.0406. The molecular formula is C22H46NO5P. The van der Waals surface area contributed by atoms with E-state index >= 15 is 0 Å². The summed E-state index contributed by atoms with van der Waals surface area (Å²) in [6.45, 7) is 4.08. The van der Waals surface area contributed by atoms with Gasteiger partial charge in [0.05, 0.1) is 19.5 Å². The number of ether oxygens (including phenoxy) is 1. The normalized spacial score (nSPS) is 14.9. The Morgan fingerprint density at radius 1 is 0.897 bits per heavy atom. The second-order valence-electron chi connectivity index (χ2n) is 7.73. The van der Waals surface area contributed by atoms with E-state index in [0.717, 1.165) is 6.42 Å². The van der Waals surface area contributed by atoms with Crippen LogP contribution in [0.5, 0.6) is 0 Å². The number of hydrogen-bond acceptors (Lipinski definition) is 6. The van der Waals surface area contributed by atoms with Crippen LogP contribution in [0.25, 0.3) is 0 Å². The van der Waals surface area contributed by atoms with Crippen molar-refractivity contribution in [2.75, 3.05) is 33.0 Å². The molecule has 174 valence electrons. The summed E-state index contributed by atoms with van der Waals surface area (Å²) in [5, 5.41) is 9.77. The number of allylic oxidation sites excluding steroid dienone is 1. The Morgan fingerprint density at radius 2 is 1.45 bits per heavy atom. The molecule has 0 fully saturated rings. The van der Waals surface area contributed by atoms with Gasteiger partial charge in [0.15, 0.2) is 0 Å². The Balaban J connectivity index is 3.38. The van der Waals surface area contributed by atoms with E-state index in [-0.39, 0.29) is 26.4 Å². The molecule has 0 bridgehead atoms. The van der Waals surface area contributed by atoms with Gasteiger partial charge in [0.1, 0.15) is 12.7 Å². The summed E-state index contributed by atoms with van der Waals surface area (Å²) in [6.07, 6.45) is 19.9. The summed E-state index contributed by atoms with van der Waals surface area (Å²) >= 11 is 0. The van der Waals surface area contributed by atoms with E-state index in [9.17, 15) is 9.67 Å². The zero-order chi connectivity index (χ0) is 21.6. The molecule has 3 N–H and O–H groups in total. The molecule has 0 heterocycles. The molecule has 2 atom stereocenters. The molecule has 0 aliphatic rings. The highest BCUT2D eigenvalue weighted by Gasteiger charge is 2.18. The first-order chi connectivity index (χ1) is 14.0. The first-order valence-electron chi connectivity index (χ1n) is 11.5. The monoisotopic (exact) mass is 435 g/mol. The molecule has 0 aliphatic carbocycles. The molecule has 0 saturated heterocycles. The van der Waals surface area contributed by atoms with E-state index in [4.69, 9.17) is 19.5 Å². The average Bonchev–Trinajstić information content (AvgIpc) is 2.70. The maximum absolute atomic E-state index is 11.8. The standard InChI is InChI=1S/C22H46NO5P/c1-3-4-5-6-7-8-9-10-11-12-13-14-15-16-18-26-20-22(24)21-28-29(2,25)27-19-17-23/h16,18,22,24H,3-15,17,19-21,23H2,1-2H3/b18-16+. The summed E-state index contributed by atoms with van der Waals surface area (Å²) in [7, 11) is -3.15. The smallest absolute Gasteiger partial charge is 0.327 e. The first-order valence-corrected chi connectivity index (χ1v) is 13.5. The number of nitrogens with two attached hydrogens (primary N) is 1. The Hall–Kier alpha value is -0.390. The third-order valence-corrected chi connectivity index (χ3v) is 5.92. The molecule has 29 heavy (non-hydrogen) atoms. The van der Waals surface area contributed by atoms with Crippen LogP contribution in [0.15, 0.2) is 12.3 Å². The van der Waals surface area contributed by atoms with Crippen LogP contribution >= 0.6 is 7.60 Å². The molecule has 6 nitrogen and oxygen atoms in total. The van der Waals surface area contributed by atoms with Gasteiger partial charge in [-0.25, -0.2) is 0 Å². The fourth-order valence-electron chi connectivity index (χ4n) is 2.93. The van der Waals surface area contributed by atoms with Gasteiger partial charge in [-0.3, -0.25) is 4.57 Å². The van der Waals surface area contributed by atoms with Crippen LogP contribution in [0, 0.1) is 0 Å². The zero-order valence-corrected chi connectivity index (χ0v) is 19.8. The van der Waals surface area contributed by atoms with E-state index in [1.165, 1.54) is 83.7 Å². The molecule has 0 aromatic rings. The van der Waals surface area contributed by atoms with Gasteiger partial charge in [0.2, 0.25) is 0 Å². The summed E-state index contributed by atoms with van der Waals surface area (Å²) in [4.78, 5) is 0. The summed E-state index contributed by atoms with van der Waals surface area (Å²) < 4.78 is 27.2. The van der Waals surface area contributed by atoms with E-state index in [2.05, 4.69) is 6.92 Å². The minimum Gasteiger partial charge on any atom is -0.499 e. The first kappa shape index (κ1) is 28.6. The Kier molecular flexibility index (Phi) is 20.6. The minimum atomic E-state index is -3.15. The van der Waals surface area contributed by atoms with E-state index in [1.807, 2.05) is 6.08 Å². The lowest BCUT2D eigenvalue weighted by Crippen LogP contribution is -2.20. The highest BCUT2D eigenvalue weighted by molar-refractivity contribution is 7.52. The van der Waals surface area contributed by atoms with Gasteiger partial charge in [-0.1, -0.05) is 77.6 Å². The molecule has 7 heteroatoms. The van der Waals surface area contributed by atoms with Crippen LogP contribution in [0.1, 0.15) is 90.4 Å². The average molecular weight is 436 g/mol. The van der Waals surface area contributed by atoms with Crippen molar-refractivity contribution in [2.45, 2.75) is 96.5 Å². The number of hydrogen-bond donors (Lipinski definition) is 2. The largest absolute Gasteiger partial charge is 0.499 e. The van der Waals surface area contributed by atoms with Crippen molar-refractivity contribution >= 4 is 7.60 Å².